The highest BCUT2D eigenvalue weighted by Crippen LogP contribution is 2.25. The Balaban J connectivity index is 1.62. The molecule has 3 rings (SSSR count). The van der Waals surface area contributed by atoms with Crippen LogP contribution in [-0.2, 0) is 7.05 Å². The number of rotatable bonds is 3. The van der Waals surface area contributed by atoms with Crippen LogP contribution in [0.4, 0.5) is 4.79 Å². The zero-order valence-corrected chi connectivity index (χ0v) is 13.8. The van der Waals surface area contributed by atoms with Crippen LogP contribution in [0.5, 0.6) is 0 Å². The number of nitrogens with one attached hydrogen (secondary N) is 1. The van der Waals surface area contributed by atoms with Gasteiger partial charge in [-0.15, -0.1) is 10.2 Å². The molecule has 3 heterocycles. The van der Waals surface area contributed by atoms with Crippen molar-refractivity contribution in [1.82, 2.24) is 25.0 Å². The van der Waals surface area contributed by atoms with Gasteiger partial charge < -0.3 is 19.2 Å². The van der Waals surface area contributed by atoms with Gasteiger partial charge in [0.25, 0.3) is 0 Å². The zero-order valence-electron chi connectivity index (χ0n) is 13.8. The van der Waals surface area contributed by atoms with E-state index < -0.39 is 0 Å². The maximum absolute atomic E-state index is 12.5. The lowest BCUT2D eigenvalue weighted by Crippen LogP contribution is -2.45. The first-order chi connectivity index (χ1) is 11.0. The average Bonchev–Trinajstić information content (AvgIpc) is 3.16. The van der Waals surface area contributed by atoms with E-state index in [0.717, 1.165) is 36.7 Å². The number of carbonyl (C=O) groups is 1. The molecule has 2 unspecified atom stereocenters. The van der Waals surface area contributed by atoms with Crippen molar-refractivity contribution in [3.05, 3.63) is 35.8 Å². The lowest BCUT2D eigenvalue weighted by atomic mass is 9.97. The second-order valence-electron chi connectivity index (χ2n) is 6.20. The molecule has 0 radical (unpaired) electrons. The maximum atomic E-state index is 12.5. The molecule has 23 heavy (non-hydrogen) atoms. The van der Waals surface area contributed by atoms with E-state index in [1.807, 2.05) is 42.5 Å². The molecule has 1 N–H and O–H groups in total. The third kappa shape index (κ3) is 3.38. The summed E-state index contributed by atoms with van der Waals surface area (Å²) in [4.78, 5) is 14.4. The van der Waals surface area contributed by atoms with Gasteiger partial charge in [-0.2, -0.15) is 0 Å². The minimum absolute atomic E-state index is 0.0570. The molecule has 0 aliphatic carbocycles. The minimum Gasteiger partial charge on any atom is -0.464 e. The maximum Gasteiger partial charge on any atom is 0.317 e. The highest BCUT2D eigenvalue weighted by molar-refractivity contribution is 5.74. The summed E-state index contributed by atoms with van der Waals surface area (Å²) in [5.74, 6) is 2.81. The van der Waals surface area contributed by atoms with Gasteiger partial charge >= 0.3 is 6.03 Å². The number of furan rings is 1. The van der Waals surface area contributed by atoms with Gasteiger partial charge in [0.2, 0.25) is 0 Å². The predicted molar refractivity (Wildman–Crippen MR) is 84.9 cm³/mol. The van der Waals surface area contributed by atoms with E-state index >= 15 is 0 Å². The van der Waals surface area contributed by atoms with Crippen LogP contribution < -0.4 is 5.32 Å². The Morgan fingerprint density at radius 1 is 1.48 bits per heavy atom. The Labute approximate surface area is 135 Å². The smallest absolute Gasteiger partial charge is 0.317 e. The summed E-state index contributed by atoms with van der Waals surface area (Å²) < 4.78 is 7.51. The molecule has 2 amide bonds. The van der Waals surface area contributed by atoms with E-state index in [1.165, 1.54) is 0 Å². The van der Waals surface area contributed by atoms with Crippen LogP contribution in [0.1, 0.15) is 49.1 Å². The van der Waals surface area contributed by atoms with E-state index in [4.69, 9.17) is 4.42 Å². The van der Waals surface area contributed by atoms with E-state index in [1.54, 1.807) is 6.33 Å². The monoisotopic (exact) mass is 317 g/mol. The third-order valence-corrected chi connectivity index (χ3v) is 4.35. The van der Waals surface area contributed by atoms with E-state index in [0.29, 0.717) is 6.54 Å². The molecule has 7 nitrogen and oxygen atoms in total. The molecule has 1 saturated heterocycles. The minimum atomic E-state index is -0.147. The largest absolute Gasteiger partial charge is 0.464 e. The lowest BCUT2D eigenvalue weighted by Gasteiger charge is -2.32. The standard InChI is InChI=1S/C16H23N5O2/c1-11-6-7-14(23-11)12(2)18-16(22)21-8-4-5-13(9-21)15-19-17-10-20(15)3/h6-7,10,12-13H,4-5,8-9H2,1-3H3,(H,18,22). The van der Waals surface area contributed by atoms with Gasteiger partial charge in [0.1, 0.15) is 23.7 Å². The van der Waals surface area contributed by atoms with Crippen molar-refractivity contribution in [1.29, 1.82) is 0 Å². The van der Waals surface area contributed by atoms with E-state index in [2.05, 4.69) is 15.5 Å². The fourth-order valence-corrected chi connectivity index (χ4v) is 3.07. The summed E-state index contributed by atoms with van der Waals surface area (Å²) in [6, 6.07) is 3.60. The number of aryl methyl sites for hydroxylation is 2. The van der Waals surface area contributed by atoms with Crippen molar-refractivity contribution in [2.75, 3.05) is 13.1 Å². The molecule has 1 aliphatic rings. The van der Waals surface area contributed by atoms with Crippen molar-refractivity contribution in [2.24, 2.45) is 7.05 Å². The van der Waals surface area contributed by atoms with Crippen LogP contribution >= 0.6 is 0 Å². The molecule has 0 bridgehead atoms. The third-order valence-electron chi connectivity index (χ3n) is 4.35. The SMILES string of the molecule is Cc1ccc(C(C)NC(=O)N2CCCC(c3nncn3C)C2)o1. The van der Waals surface area contributed by atoms with Crippen LogP contribution in [0.2, 0.25) is 0 Å². The van der Waals surface area contributed by atoms with Crippen molar-refractivity contribution >= 4 is 6.03 Å². The van der Waals surface area contributed by atoms with Gasteiger partial charge in [-0.1, -0.05) is 0 Å². The van der Waals surface area contributed by atoms with Gasteiger partial charge in [-0.25, -0.2) is 4.79 Å². The number of aromatic nitrogens is 3. The first-order valence-corrected chi connectivity index (χ1v) is 8.00. The summed E-state index contributed by atoms with van der Waals surface area (Å²) in [5.41, 5.74) is 0. The number of hydrogen-bond donors (Lipinski definition) is 1. The van der Waals surface area contributed by atoms with Gasteiger partial charge in [0.05, 0.1) is 6.04 Å². The number of urea groups is 1. The average molecular weight is 317 g/mol. The van der Waals surface area contributed by atoms with Crippen LogP contribution in [0.3, 0.4) is 0 Å². The number of likely N-dealkylation sites (tertiary alicyclic amines) is 1. The molecule has 124 valence electrons. The van der Waals surface area contributed by atoms with Gasteiger partial charge in [-0.3, -0.25) is 0 Å². The van der Waals surface area contributed by atoms with Crippen molar-refractivity contribution in [3.8, 4) is 0 Å². The zero-order chi connectivity index (χ0) is 16.4. The number of nitrogens with zero attached hydrogens (tertiary/aromatic N) is 4. The molecule has 2 aromatic heterocycles. The van der Waals surface area contributed by atoms with E-state index in [-0.39, 0.29) is 18.0 Å². The number of piperidine rings is 1. The van der Waals surface area contributed by atoms with Crippen molar-refractivity contribution < 1.29 is 9.21 Å². The fourth-order valence-electron chi connectivity index (χ4n) is 3.07. The van der Waals surface area contributed by atoms with Crippen LogP contribution in [0, 0.1) is 6.92 Å². The first-order valence-electron chi connectivity index (χ1n) is 8.00. The summed E-state index contributed by atoms with van der Waals surface area (Å²) in [7, 11) is 1.94. The fraction of sp³-hybridized carbons (Fsp3) is 0.562. The Bertz CT molecular complexity index is 678. The Hall–Kier alpha value is -2.31. The van der Waals surface area contributed by atoms with Crippen molar-refractivity contribution in [2.45, 2.75) is 38.6 Å². The number of amides is 2. The molecule has 0 spiro atoms. The molecule has 1 fully saturated rings. The summed E-state index contributed by atoms with van der Waals surface area (Å²) in [6.45, 7) is 5.26. The second-order valence-corrected chi connectivity index (χ2v) is 6.20. The van der Waals surface area contributed by atoms with Gasteiger partial charge in [0.15, 0.2) is 0 Å². The molecular formula is C16H23N5O2. The quantitative estimate of drug-likeness (QED) is 0.943. The Morgan fingerprint density at radius 2 is 2.30 bits per heavy atom. The van der Waals surface area contributed by atoms with Crippen LogP contribution in [0.25, 0.3) is 0 Å². The van der Waals surface area contributed by atoms with Gasteiger partial charge in [-0.05, 0) is 38.8 Å². The topological polar surface area (TPSA) is 76.2 Å². The van der Waals surface area contributed by atoms with Crippen LogP contribution in [-0.4, -0.2) is 38.8 Å². The number of hydrogen-bond acceptors (Lipinski definition) is 4. The molecular weight excluding hydrogens is 294 g/mol. The first kappa shape index (κ1) is 15.6. The summed E-state index contributed by atoms with van der Waals surface area (Å²) in [5, 5.41) is 11.1. The van der Waals surface area contributed by atoms with Crippen molar-refractivity contribution in [3.63, 3.8) is 0 Å². The lowest BCUT2D eigenvalue weighted by molar-refractivity contribution is 0.173. The molecule has 7 heteroatoms. The highest BCUT2D eigenvalue weighted by atomic mass is 16.3. The molecule has 1 aliphatic heterocycles. The second kappa shape index (κ2) is 6.44. The molecule has 2 aromatic rings. The highest BCUT2D eigenvalue weighted by Gasteiger charge is 2.28. The normalized spacial score (nSPS) is 19.6. The summed E-state index contributed by atoms with van der Waals surface area (Å²) in [6.07, 6.45) is 3.71. The van der Waals surface area contributed by atoms with E-state index in [9.17, 15) is 4.79 Å². The van der Waals surface area contributed by atoms with Gasteiger partial charge in [0, 0.05) is 26.1 Å². The Kier molecular flexibility index (Phi) is 4.36. The van der Waals surface area contributed by atoms with Crippen LogP contribution in [0.15, 0.2) is 22.9 Å². The number of carbonyl (C=O) groups excluding carboxylic acids is 1. The Morgan fingerprint density at radius 3 is 2.96 bits per heavy atom. The molecule has 0 aromatic carbocycles. The molecule has 0 saturated carbocycles. The summed E-state index contributed by atoms with van der Waals surface area (Å²) >= 11 is 0. The predicted octanol–water partition coefficient (Wildman–Crippen LogP) is 2.37. The molecule has 2 atom stereocenters.